The molecule has 1 saturated carbocycles. The quantitative estimate of drug-likeness (QED) is 0.814. The summed E-state index contributed by atoms with van der Waals surface area (Å²) in [6.07, 6.45) is 9.78. The van der Waals surface area contributed by atoms with Crippen LogP contribution in [-0.2, 0) is 0 Å². The van der Waals surface area contributed by atoms with Crippen molar-refractivity contribution in [1.29, 1.82) is 0 Å². The smallest absolute Gasteiger partial charge is 0.0138 e. The van der Waals surface area contributed by atoms with Crippen molar-refractivity contribution in [2.24, 2.45) is 23.5 Å². The van der Waals surface area contributed by atoms with Crippen LogP contribution in [0, 0.1) is 17.8 Å². The molecule has 2 N–H and O–H groups in total. The number of hydrogen-bond acceptors (Lipinski definition) is 2. The zero-order chi connectivity index (χ0) is 13.0. The Hall–Kier alpha value is -0.0800. The Bertz CT molecular complexity index is 241. The second kappa shape index (κ2) is 6.91. The molecule has 2 rings (SSSR count). The molecule has 2 nitrogen and oxygen atoms in total. The average molecular weight is 252 g/mol. The van der Waals surface area contributed by atoms with E-state index >= 15 is 0 Å². The molecule has 0 aromatic carbocycles. The van der Waals surface area contributed by atoms with Gasteiger partial charge in [-0.15, -0.1) is 0 Å². The van der Waals surface area contributed by atoms with Crippen molar-refractivity contribution in [2.45, 2.75) is 64.8 Å². The number of nitrogens with zero attached hydrogens (tertiary/aromatic N) is 1. The summed E-state index contributed by atoms with van der Waals surface area (Å²) in [6.45, 7) is 8.24. The van der Waals surface area contributed by atoms with Gasteiger partial charge >= 0.3 is 0 Å². The number of likely N-dealkylation sites (tertiary alicyclic amines) is 1. The molecule has 106 valence electrons. The van der Waals surface area contributed by atoms with E-state index in [1.54, 1.807) is 0 Å². The second-order valence-corrected chi connectivity index (χ2v) is 6.59. The van der Waals surface area contributed by atoms with E-state index in [4.69, 9.17) is 5.73 Å². The molecule has 0 radical (unpaired) electrons. The van der Waals surface area contributed by atoms with E-state index in [0.717, 1.165) is 30.3 Å². The monoisotopic (exact) mass is 252 g/mol. The third-order valence-electron chi connectivity index (χ3n) is 5.43. The van der Waals surface area contributed by atoms with Gasteiger partial charge in [0.15, 0.2) is 0 Å². The Morgan fingerprint density at radius 2 is 1.94 bits per heavy atom. The van der Waals surface area contributed by atoms with Crippen LogP contribution in [0.1, 0.15) is 58.8 Å². The fourth-order valence-corrected chi connectivity index (χ4v) is 4.18. The van der Waals surface area contributed by atoms with Crippen LogP contribution >= 0.6 is 0 Å². The van der Waals surface area contributed by atoms with Crippen molar-refractivity contribution < 1.29 is 0 Å². The van der Waals surface area contributed by atoms with Crippen LogP contribution in [-0.4, -0.2) is 30.6 Å². The van der Waals surface area contributed by atoms with Crippen molar-refractivity contribution in [3.8, 4) is 0 Å². The molecule has 0 spiro atoms. The minimum atomic E-state index is 0.772. The topological polar surface area (TPSA) is 29.3 Å². The van der Waals surface area contributed by atoms with E-state index in [2.05, 4.69) is 18.7 Å². The second-order valence-electron chi connectivity index (χ2n) is 6.59. The van der Waals surface area contributed by atoms with Crippen LogP contribution in [0.25, 0.3) is 0 Å². The van der Waals surface area contributed by atoms with Gasteiger partial charge in [-0.25, -0.2) is 0 Å². The SMILES string of the molecule is CCCC1CCC(CN)C(N2CCC(CC)C2)C1. The summed E-state index contributed by atoms with van der Waals surface area (Å²) in [6, 6.07) is 0.803. The maximum Gasteiger partial charge on any atom is 0.0138 e. The molecular weight excluding hydrogens is 220 g/mol. The highest BCUT2D eigenvalue weighted by atomic mass is 15.2. The van der Waals surface area contributed by atoms with Crippen molar-refractivity contribution in [2.75, 3.05) is 19.6 Å². The van der Waals surface area contributed by atoms with E-state index in [0.29, 0.717) is 0 Å². The zero-order valence-corrected chi connectivity index (χ0v) is 12.4. The Morgan fingerprint density at radius 1 is 1.11 bits per heavy atom. The Balaban J connectivity index is 1.93. The van der Waals surface area contributed by atoms with Gasteiger partial charge in [0.05, 0.1) is 0 Å². The minimum Gasteiger partial charge on any atom is -0.330 e. The molecule has 2 aliphatic rings. The van der Waals surface area contributed by atoms with Crippen LogP contribution in [0.15, 0.2) is 0 Å². The molecule has 2 fully saturated rings. The lowest BCUT2D eigenvalue weighted by Gasteiger charge is -2.41. The highest BCUT2D eigenvalue weighted by Gasteiger charge is 2.36. The van der Waals surface area contributed by atoms with Crippen LogP contribution in [0.3, 0.4) is 0 Å². The van der Waals surface area contributed by atoms with Crippen LogP contribution in [0.2, 0.25) is 0 Å². The lowest BCUT2D eigenvalue weighted by atomic mass is 9.76. The number of rotatable bonds is 5. The van der Waals surface area contributed by atoms with Crippen molar-refractivity contribution in [3.05, 3.63) is 0 Å². The van der Waals surface area contributed by atoms with Gasteiger partial charge in [0.2, 0.25) is 0 Å². The first kappa shape index (κ1) is 14.3. The summed E-state index contributed by atoms with van der Waals surface area (Å²) >= 11 is 0. The third kappa shape index (κ3) is 3.27. The van der Waals surface area contributed by atoms with E-state index in [-0.39, 0.29) is 0 Å². The molecule has 0 bridgehead atoms. The van der Waals surface area contributed by atoms with Crippen molar-refractivity contribution in [1.82, 2.24) is 4.90 Å². The molecule has 18 heavy (non-hydrogen) atoms. The van der Waals surface area contributed by atoms with Gasteiger partial charge in [-0.05, 0) is 50.1 Å². The maximum absolute atomic E-state index is 6.02. The summed E-state index contributed by atoms with van der Waals surface area (Å²) in [7, 11) is 0. The predicted octanol–water partition coefficient (Wildman–Crippen LogP) is 3.26. The molecule has 0 aromatic heterocycles. The lowest BCUT2D eigenvalue weighted by Crippen LogP contribution is -2.46. The molecule has 1 aliphatic carbocycles. The Kier molecular flexibility index (Phi) is 5.50. The van der Waals surface area contributed by atoms with Gasteiger partial charge in [0.1, 0.15) is 0 Å². The molecule has 0 amide bonds. The summed E-state index contributed by atoms with van der Waals surface area (Å²) in [5, 5.41) is 0. The molecule has 4 atom stereocenters. The van der Waals surface area contributed by atoms with Gasteiger partial charge in [-0.2, -0.15) is 0 Å². The third-order valence-corrected chi connectivity index (χ3v) is 5.43. The molecule has 2 heteroatoms. The van der Waals surface area contributed by atoms with Crippen LogP contribution in [0.4, 0.5) is 0 Å². The van der Waals surface area contributed by atoms with Gasteiger partial charge in [-0.3, -0.25) is 4.90 Å². The first-order valence-electron chi connectivity index (χ1n) is 8.22. The number of nitrogens with two attached hydrogens (primary N) is 1. The van der Waals surface area contributed by atoms with Gasteiger partial charge < -0.3 is 5.73 Å². The predicted molar refractivity (Wildman–Crippen MR) is 78.6 cm³/mol. The van der Waals surface area contributed by atoms with Gasteiger partial charge in [0.25, 0.3) is 0 Å². The summed E-state index contributed by atoms with van der Waals surface area (Å²) in [5.41, 5.74) is 6.02. The molecule has 1 heterocycles. The highest BCUT2D eigenvalue weighted by Crippen LogP contribution is 2.36. The summed E-state index contributed by atoms with van der Waals surface area (Å²) in [4.78, 5) is 2.79. The minimum absolute atomic E-state index is 0.772. The fraction of sp³-hybridized carbons (Fsp3) is 1.00. The molecule has 4 unspecified atom stereocenters. The number of hydrogen-bond donors (Lipinski definition) is 1. The molecule has 0 aromatic rings. The summed E-state index contributed by atoms with van der Waals surface area (Å²) in [5.74, 6) is 2.70. The van der Waals surface area contributed by atoms with E-state index in [1.807, 2.05) is 0 Å². The molecule has 1 aliphatic heterocycles. The van der Waals surface area contributed by atoms with E-state index < -0.39 is 0 Å². The van der Waals surface area contributed by atoms with Gasteiger partial charge in [0, 0.05) is 12.6 Å². The first-order valence-corrected chi connectivity index (χ1v) is 8.22. The average Bonchev–Trinajstić information content (AvgIpc) is 2.87. The Labute approximate surface area is 113 Å². The van der Waals surface area contributed by atoms with Gasteiger partial charge in [-0.1, -0.05) is 39.5 Å². The van der Waals surface area contributed by atoms with E-state index in [9.17, 15) is 0 Å². The summed E-state index contributed by atoms with van der Waals surface area (Å²) < 4.78 is 0. The fourth-order valence-electron chi connectivity index (χ4n) is 4.18. The van der Waals surface area contributed by atoms with E-state index in [1.165, 1.54) is 58.0 Å². The van der Waals surface area contributed by atoms with Crippen molar-refractivity contribution in [3.63, 3.8) is 0 Å². The van der Waals surface area contributed by atoms with Crippen LogP contribution < -0.4 is 5.73 Å². The molecular formula is C16H32N2. The van der Waals surface area contributed by atoms with Crippen molar-refractivity contribution >= 4 is 0 Å². The Morgan fingerprint density at radius 3 is 2.56 bits per heavy atom. The highest BCUT2D eigenvalue weighted by molar-refractivity contribution is 4.90. The normalized spacial score (nSPS) is 38.2. The lowest BCUT2D eigenvalue weighted by molar-refractivity contribution is 0.0953. The largest absolute Gasteiger partial charge is 0.330 e. The standard InChI is InChI=1S/C16H32N2/c1-3-5-14-6-7-15(11-17)16(10-14)18-9-8-13(4-2)12-18/h13-16H,3-12,17H2,1-2H3. The maximum atomic E-state index is 6.02. The zero-order valence-electron chi connectivity index (χ0n) is 12.4. The first-order chi connectivity index (χ1) is 8.78. The van der Waals surface area contributed by atoms with Crippen LogP contribution in [0.5, 0.6) is 0 Å². The molecule has 1 saturated heterocycles.